The Morgan fingerprint density at radius 1 is 0.543 bits per heavy atom. The molecule has 12 rings (SSSR count). The number of amidine groups is 3. The molecular formula is C58H60Br2N10. The average Bonchev–Trinajstić information content (AvgIpc) is 4.01. The molecule has 3 atom stereocenters. The zero-order valence-electron chi connectivity index (χ0n) is 39.4. The fourth-order valence-corrected chi connectivity index (χ4v) is 11.5. The Kier molecular flexibility index (Phi) is 15.1. The first-order valence-electron chi connectivity index (χ1n) is 24.1. The molecular weight excluding hydrogens is 997 g/mol. The molecule has 0 fully saturated rings. The molecule has 1 aromatic heterocycles. The third-order valence-corrected chi connectivity index (χ3v) is 15.7. The fraction of sp³-hybridized carbons (Fsp3) is 0.259. The maximum atomic E-state index is 7.01. The van der Waals surface area contributed by atoms with Crippen LogP contribution in [0.3, 0.4) is 0 Å². The van der Waals surface area contributed by atoms with Crippen LogP contribution in [0.2, 0.25) is 0 Å². The molecule has 12 heteroatoms. The van der Waals surface area contributed by atoms with Gasteiger partial charge in [0.25, 0.3) is 0 Å². The van der Waals surface area contributed by atoms with Crippen molar-refractivity contribution in [2.75, 3.05) is 19.6 Å². The van der Waals surface area contributed by atoms with Gasteiger partial charge in [0, 0.05) is 55.7 Å². The molecule has 2 spiro atoms. The number of hydrogen-bond donors (Lipinski definition) is 6. The van der Waals surface area contributed by atoms with Gasteiger partial charge in [-0.25, -0.2) is 9.97 Å². The third-order valence-electron chi connectivity index (χ3n) is 14.2. The van der Waals surface area contributed by atoms with Gasteiger partial charge in [-0.1, -0.05) is 165 Å². The van der Waals surface area contributed by atoms with E-state index in [0.29, 0.717) is 6.54 Å². The highest BCUT2D eigenvalue weighted by molar-refractivity contribution is 9.10. The van der Waals surface area contributed by atoms with E-state index in [1.54, 1.807) is 6.33 Å². The van der Waals surface area contributed by atoms with Crippen LogP contribution in [-0.2, 0) is 38.5 Å². The summed E-state index contributed by atoms with van der Waals surface area (Å²) in [7, 11) is 0. The first-order chi connectivity index (χ1) is 34.0. The Bertz CT molecular complexity index is 2990. The minimum Gasteiger partial charge on any atom is -0.384 e. The molecule has 5 aliphatic rings. The number of hydrogen-bond acceptors (Lipinski definition) is 9. The summed E-state index contributed by atoms with van der Waals surface area (Å²) in [5.41, 5.74) is 31.1. The summed E-state index contributed by atoms with van der Waals surface area (Å²) in [5, 5.41) is 14.5. The van der Waals surface area contributed by atoms with Crippen molar-refractivity contribution in [2.24, 2.45) is 27.2 Å². The Morgan fingerprint density at radius 3 is 1.50 bits per heavy atom. The van der Waals surface area contributed by atoms with Crippen LogP contribution in [0, 0.1) is 5.41 Å². The van der Waals surface area contributed by atoms with Gasteiger partial charge in [0.1, 0.15) is 23.8 Å². The van der Waals surface area contributed by atoms with Gasteiger partial charge in [-0.05, 0) is 109 Å². The smallest absolute Gasteiger partial charge is 0.128 e. The molecule has 3 unspecified atom stereocenters. The van der Waals surface area contributed by atoms with Crippen molar-refractivity contribution in [3.63, 3.8) is 0 Å². The van der Waals surface area contributed by atoms with E-state index in [0.717, 1.165) is 93.7 Å². The Morgan fingerprint density at radius 2 is 1.00 bits per heavy atom. The molecule has 2 aliphatic heterocycles. The maximum Gasteiger partial charge on any atom is 0.128 e. The lowest BCUT2D eigenvalue weighted by Gasteiger charge is -2.36. The quantitative estimate of drug-likeness (QED) is 0.0735. The van der Waals surface area contributed by atoms with Crippen LogP contribution in [0.5, 0.6) is 0 Å². The van der Waals surface area contributed by atoms with E-state index >= 15 is 0 Å². The summed E-state index contributed by atoms with van der Waals surface area (Å²) in [5.74, 6) is 2.20. The minimum absolute atomic E-state index is 0.0456. The summed E-state index contributed by atoms with van der Waals surface area (Å²) < 4.78 is 2.45. The summed E-state index contributed by atoms with van der Waals surface area (Å²) in [6.07, 6.45) is 14.8. The van der Waals surface area contributed by atoms with Crippen LogP contribution in [0.25, 0.3) is 11.1 Å². The van der Waals surface area contributed by atoms with E-state index in [1.807, 2.05) is 54.9 Å². The van der Waals surface area contributed by atoms with Crippen LogP contribution in [0.1, 0.15) is 69.3 Å². The lowest BCUT2D eigenvalue weighted by Crippen LogP contribution is -2.51. The van der Waals surface area contributed by atoms with Gasteiger partial charge in [0.05, 0.1) is 24.2 Å². The van der Waals surface area contributed by atoms with E-state index in [4.69, 9.17) is 32.6 Å². The number of aliphatic imine (C=N–C) groups is 2. The zero-order chi connectivity index (χ0) is 48.6. The number of nitrogens with two attached hydrogens (primary N) is 3. The molecule has 0 saturated carbocycles. The van der Waals surface area contributed by atoms with Crippen molar-refractivity contribution in [2.45, 2.75) is 74.4 Å². The van der Waals surface area contributed by atoms with E-state index in [2.05, 4.69) is 156 Å². The molecule has 3 aliphatic carbocycles. The number of nitrogens with one attached hydrogen (secondary N) is 3. The van der Waals surface area contributed by atoms with Crippen molar-refractivity contribution >= 4 is 49.4 Å². The Balaban J connectivity index is 0.000000124. The molecule has 3 heterocycles. The molecule has 9 N–H and O–H groups in total. The van der Waals surface area contributed by atoms with Crippen molar-refractivity contribution in [1.29, 1.82) is 5.41 Å². The molecule has 7 aromatic rings. The summed E-state index contributed by atoms with van der Waals surface area (Å²) in [6, 6.07) is 49.5. The molecule has 70 heavy (non-hydrogen) atoms. The minimum atomic E-state index is -0.187. The van der Waals surface area contributed by atoms with Crippen molar-refractivity contribution in [3.8, 4) is 11.1 Å². The number of nitrogen functional groups attached to an aromatic ring is 1. The molecule has 356 valence electrons. The highest BCUT2D eigenvalue weighted by Crippen LogP contribution is 2.38. The van der Waals surface area contributed by atoms with Gasteiger partial charge in [0.15, 0.2) is 0 Å². The predicted octanol–water partition coefficient (Wildman–Crippen LogP) is 9.71. The van der Waals surface area contributed by atoms with E-state index < -0.39 is 0 Å². The molecule has 0 saturated heterocycles. The zero-order valence-corrected chi connectivity index (χ0v) is 42.5. The summed E-state index contributed by atoms with van der Waals surface area (Å²) in [4.78, 5) is 18.0. The monoisotopic (exact) mass is 1050 g/mol. The number of rotatable bonds is 5. The number of fused-ring (bicyclic) bond motifs is 3. The highest BCUT2D eigenvalue weighted by atomic mass is 79.9. The second-order valence-electron chi connectivity index (χ2n) is 19.1. The third kappa shape index (κ3) is 11.3. The first kappa shape index (κ1) is 48.7. The first-order valence-corrected chi connectivity index (χ1v) is 25.7. The van der Waals surface area contributed by atoms with Crippen LogP contribution in [0.15, 0.2) is 183 Å². The maximum absolute atomic E-state index is 7.01. The summed E-state index contributed by atoms with van der Waals surface area (Å²) in [6.45, 7) is 2.29. The van der Waals surface area contributed by atoms with Crippen LogP contribution < -0.4 is 27.8 Å². The lowest BCUT2D eigenvalue weighted by molar-refractivity contribution is 0.361. The van der Waals surface area contributed by atoms with Crippen molar-refractivity contribution < 1.29 is 0 Å². The highest BCUT2D eigenvalue weighted by Gasteiger charge is 2.40. The molecule has 0 radical (unpaired) electrons. The fourth-order valence-electron chi connectivity index (χ4n) is 10.3. The van der Waals surface area contributed by atoms with Gasteiger partial charge in [0.2, 0.25) is 0 Å². The van der Waals surface area contributed by atoms with Gasteiger partial charge in [-0.2, -0.15) is 0 Å². The van der Waals surface area contributed by atoms with Crippen LogP contribution in [-0.4, -0.2) is 63.7 Å². The number of halogens is 2. The molecule has 0 bridgehead atoms. The van der Waals surface area contributed by atoms with Crippen LogP contribution in [0.4, 0.5) is 0 Å². The van der Waals surface area contributed by atoms with Crippen LogP contribution >= 0.6 is 31.9 Å². The van der Waals surface area contributed by atoms with Crippen molar-refractivity contribution in [1.82, 2.24) is 20.6 Å². The normalized spacial score (nSPS) is 21.3. The largest absolute Gasteiger partial charge is 0.384 e. The number of aromatic nitrogens is 2. The van der Waals surface area contributed by atoms with Gasteiger partial charge < -0.3 is 27.8 Å². The lowest BCUT2D eigenvalue weighted by atomic mass is 9.76. The Labute approximate surface area is 428 Å². The number of benzene rings is 6. The average molecular weight is 1060 g/mol. The van der Waals surface area contributed by atoms with Gasteiger partial charge >= 0.3 is 0 Å². The van der Waals surface area contributed by atoms with E-state index in [9.17, 15) is 0 Å². The topological polar surface area (TPSA) is 176 Å². The molecule has 6 aromatic carbocycles. The molecule has 0 amide bonds. The Hall–Kier alpha value is -6.31. The van der Waals surface area contributed by atoms with E-state index in [1.165, 1.54) is 59.0 Å². The second-order valence-corrected chi connectivity index (χ2v) is 20.8. The SMILES string of the molecule is Brc1cccc2c1CCC1(CN=C(c3ccccc3)N1)C2.N=C(N)c1ccccc1.NCC1(N)CCc2c(Br)cccc2C1.c1ccc(C2=NCC3(CCc4c(cccc4-c4cncnc4)C3)N2)cc1. The van der Waals surface area contributed by atoms with Gasteiger partial charge in [-0.3, -0.25) is 15.4 Å². The predicted molar refractivity (Wildman–Crippen MR) is 293 cm³/mol. The number of nitrogens with zero attached hydrogens (tertiary/aromatic N) is 4. The standard InChI is InChI=1S/C22H20N4.C18H17BrN2.C11H15BrN2.C7H8N2/c1-2-5-16(6-3-1)21-25-14-22(26-21)10-9-20-17(11-22)7-4-8-19(20)18-12-23-15-24-13-18;19-16-8-4-7-14-11-18(10-9-15(14)16)12-20-17(21-18)13-5-2-1-3-6-13;12-10-3-1-2-8-6-11(14,7-13)5-4-9(8)10;8-7(9)6-4-2-1-3-5-6/h1-8,12-13,15H,9-11,14H2,(H,25,26);1-8H,9-12H2,(H,20,21);1-3H,4-7,13-14H2;1-5H,(H3,8,9). The second kappa shape index (κ2) is 21.8. The van der Waals surface area contributed by atoms with E-state index in [-0.39, 0.29) is 22.5 Å². The molecule has 10 nitrogen and oxygen atoms in total. The van der Waals surface area contributed by atoms with Gasteiger partial charge in [-0.15, -0.1) is 0 Å². The summed E-state index contributed by atoms with van der Waals surface area (Å²) >= 11 is 7.25. The van der Waals surface area contributed by atoms with Crippen molar-refractivity contribution in [3.05, 3.63) is 223 Å².